The molecule has 0 aliphatic carbocycles. The first-order valence-electron chi connectivity index (χ1n) is 5.51. The number of ketones is 2. The first-order chi connectivity index (χ1) is 10.6. The second kappa shape index (κ2) is 7.43. The number of hydrogen-bond acceptors (Lipinski definition) is 4. The van der Waals surface area contributed by atoms with Gasteiger partial charge in [0.2, 0.25) is 0 Å². The average Bonchev–Trinajstić information content (AvgIpc) is 2.43. The zero-order chi connectivity index (χ0) is 19.3. The fraction of sp³-hybridized carbons (Fsp3) is 0.250. The summed E-state index contributed by atoms with van der Waals surface area (Å²) in [7, 11) is -3.13. The molecule has 0 fully saturated rings. The molecule has 0 heterocycles. The molecule has 0 unspecified atom stereocenters. The zero-order valence-electron chi connectivity index (χ0n) is 11.6. The molecule has 0 saturated carbocycles. The Kier molecular flexibility index (Phi) is 6.68. The molecule has 0 aliphatic heterocycles. The van der Waals surface area contributed by atoms with E-state index in [0.29, 0.717) is 5.69 Å². The fourth-order valence-electron chi connectivity index (χ4n) is 1.03. The van der Waals surface area contributed by atoms with Crippen molar-refractivity contribution >= 4 is 27.1 Å². The Labute approximate surface area is 131 Å². The molecule has 0 amide bonds. The number of rotatable bonds is 2. The molecule has 0 aliphatic rings. The van der Waals surface area contributed by atoms with Crippen LogP contribution in [0.3, 0.4) is 0 Å². The lowest BCUT2D eigenvalue weighted by Crippen LogP contribution is -2.39. The highest BCUT2D eigenvalue weighted by atomic mass is 32.2. The molecule has 1 aromatic rings. The van der Waals surface area contributed by atoms with E-state index in [0.717, 1.165) is 6.26 Å². The Morgan fingerprint density at radius 1 is 0.917 bits per heavy atom. The van der Waals surface area contributed by atoms with Gasteiger partial charge in [-0.3, -0.25) is 9.59 Å². The van der Waals surface area contributed by atoms with E-state index in [2.05, 4.69) is 4.85 Å². The van der Waals surface area contributed by atoms with Crippen molar-refractivity contribution in [2.24, 2.45) is 0 Å². The average molecular weight is 375 g/mol. The summed E-state index contributed by atoms with van der Waals surface area (Å²) in [5, 5.41) is 0. The maximum absolute atomic E-state index is 11.2. The van der Waals surface area contributed by atoms with Crippen LogP contribution in [0.2, 0.25) is 0 Å². The lowest BCUT2D eigenvalue weighted by molar-refractivity contribution is -0.193. The second-order valence-electron chi connectivity index (χ2n) is 4.03. The third-order valence-electron chi connectivity index (χ3n) is 2.12. The minimum Gasteiger partial charge on any atom is -0.280 e. The van der Waals surface area contributed by atoms with E-state index in [-0.39, 0.29) is 4.90 Å². The predicted octanol–water partition coefficient (Wildman–Crippen LogP) is 2.89. The zero-order valence-corrected chi connectivity index (χ0v) is 12.4. The fourth-order valence-corrected chi connectivity index (χ4v) is 1.66. The molecule has 0 N–H and O–H groups in total. The molecule has 12 heteroatoms. The van der Waals surface area contributed by atoms with Crippen LogP contribution in [0.15, 0.2) is 29.2 Å². The second-order valence-corrected chi connectivity index (χ2v) is 6.05. The summed E-state index contributed by atoms with van der Waals surface area (Å²) in [6.45, 7) is 6.65. The first kappa shape index (κ1) is 21.6. The minimum atomic E-state index is -5.77. The molecule has 5 nitrogen and oxygen atoms in total. The van der Waals surface area contributed by atoms with Crippen molar-refractivity contribution in [3.8, 4) is 0 Å². The molecule has 0 radical (unpaired) electrons. The summed E-state index contributed by atoms with van der Waals surface area (Å²) in [5.41, 5.74) is 0.447. The molecule has 1 aromatic carbocycles. The monoisotopic (exact) mass is 375 g/mol. The van der Waals surface area contributed by atoms with Gasteiger partial charge in [0.05, 0.1) is 11.5 Å². The largest absolute Gasteiger partial charge is 0.458 e. The molecule has 132 valence electrons. The number of hydrogen-bond donors (Lipinski definition) is 0. The van der Waals surface area contributed by atoms with Crippen LogP contribution in [0.4, 0.5) is 32.0 Å². The molecule has 0 spiro atoms. The Balaban J connectivity index is 0.000000441. The lowest BCUT2D eigenvalue weighted by Gasteiger charge is -2.05. The van der Waals surface area contributed by atoms with Crippen LogP contribution in [0.25, 0.3) is 4.85 Å². The van der Waals surface area contributed by atoms with Crippen molar-refractivity contribution in [3.63, 3.8) is 0 Å². The molecule has 0 bridgehead atoms. The van der Waals surface area contributed by atoms with Gasteiger partial charge in [0.25, 0.3) is 0 Å². The van der Waals surface area contributed by atoms with Crippen molar-refractivity contribution in [1.29, 1.82) is 0 Å². The summed E-state index contributed by atoms with van der Waals surface area (Å²) in [4.78, 5) is 22.6. The van der Waals surface area contributed by atoms with E-state index < -0.39 is 33.8 Å². The van der Waals surface area contributed by atoms with Gasteiger partial charge in [0, 0.05) is 6.26 Å². The highest BCUT2D eigenvalue weighted by molar-refractivity contribution is 7.90. The maximum Gasteiger partial charge on any atom is 0.458 e. The number of sulfone groups is 1. The van der Waals surface area contributed by atoms with E-state index in [1.807, 2.05) is 0 Å². The third-order valence-corrected chi connectivity index (χ3v) is 3.24. The van der Waals surface area contributed by atoms with Gasteiger partial charge in [-0.1, -0.05) is 24.3 Å². The summed E-state index contributed by atoms with van der Waals surface area (Å²) in [5.74, 6) is -6.81. The molecule has 24 heavy (non-hydrogen) atoms. The number of nitrogens with zero attached hydrogens (tertiary/aromatic N) is 1. The Morgan fingerprint density at radius 3 is 1.46 bits per heavy atom. The van der Waals surface area contributed by atoms with Crippen LogP contribution >= 0.6 is 0 Å². The highest BCUT2D eigenvalue weighted by Crippen LogP contribution is 2.24. The van der Waals surface area contributed by atoms with Crippen molar-refractivity contribution in [1.82, 2.24) is 0 Å². The van der Waals surface area contributed by atoms with Crippen molar-refractivity contribution in [3.05, 3.63) is 35.7 Å². The highest BCUT2D eigenvalue weighted by Gasteiger charge is 2.54. The van der Waals surface area contributed by atoms with E-state index in [9.17, 15) is 44.3 Å². The van der Waals surface area contributed by atoms with E-state index >= 15 is 0 Å². The summed E-state index contributed by atoms with van der Waals surface area (Å²) < 4.78 is 88.9. The van der Waals surface area contributed by atoms with Gasteiger partial charge in [-0.05, 0) is 0 Å². The SMILES string of the molecule is O=C(C(=O)C(F)(F)F)C(F)(F)F.[C-]#[N+]c1ccc(S(C)(=O)=O)cc1. The molecule has 1 rings (SSSR count). The Hall–Kier alpha value is -2.42. The molecule has 0 aromatic heterocycles. The molecule has 0 saturated heterocycles. The molecular weight excluding hydrogens is 368 g/mol. The van der Waals surface area contributed by atoms with Crippen LogP contribution in [-0.4, -0.2) is 38.6 Å². The summed E-state index contributed by atoms with van der Waals surface area (Å²) >= 11 is 0. The van der Waals surface area contributed by atoms with Gasteiger partial charge in [-0.25, -0.2) is 13.3 Å². The number of carbonyl (C=O) groups is 2. The first-order valence-corrected chi connectivity index (χ1v) is 7.40. The summed E-state index contributed by atoms with van der Waals surface area (Å²) in [6, 6.07) is 5.85. The van der Waals surface area contributed by atoms with E-state index in [1.165, 1.54) is 24.3 Å². The molecule has 0 atom stereocenters. The van der Waals surface area contributed by atoms with Crippen LogP contribution < -0.4 is 0 Å². The molecular formula is C12H7F6NO4S. The lowest BCUT2D eigenvalue weighted by atomic mass is 10.2. The van der Waals surface area contributed by atoms with Crippen molar-refractivity contribution in [2.45, 2.75) is 17.2 Å². The number of Topliss-reactive ketones (excluding diaryl/α,β-unsaturated/α-hetero) is 2. The standard InChI is InChI=1S/C8H7NO2S.C4F6O2/c1-9-7-3-5-8(6-4-7)12(2,10)11;5-3(6,7)1(11)2(12)4(8,9)10/h3-6H,2H3;. The van der Waals surface area contributed by atoms with Gasteiger partial charge in [-0.15, -0.1) is 0 Å². The quantitative estimate of drug-likeness (QED) is 0.453. The predicted molar refractivity (Wildman–Crippen MR) is 67.9 cm³/mol. The van der Waals surface area contributed by atoms with E-state index in [4.69, 9.17) is 6.57 Å². The van der Waals surface area contributed by atoms with Gasteiger partial charge in [-0.2, -0.15) is 26.3 Å². The summed E-state index contributed by atoms with van der Waals surface area (Å²) in [6.07, 6.45) is -10.4. The Bertz CT molecular complexity index is 733. The number of halogens is 6. The van der Waals surface area contributed by atoms with Gasteiger partial charge < -0.3 is 0 Å². The van der Waals surface area contributed by atoms with Crippen molar-refractivity contribution in [2.75, 3.05) is 6.26 Å². The maximum atomic E-state index is 11.2. The van der Waals surface area contributed by atoms with Crippen LogP contribution in [0, 0.1) is 6.57 Å². The normalized spacial score (nSPS) is 11.8. The topological polar surface area (TPSA) is 72.6 Å². The van der Waals surface area contributed by atoms with Gasteiger partial charge >= 0.3 is 23.9 Å². The van der Waals surface area contributed by atoms with Crippen molar-refractivity contribution < 1.29 is 44.3 Å². The van der Waals surface area contributed by atoms with E-state index in [1.54, 1.807) is 0 Å². The van der Waals surface area contributed by atoms with Crippen LogP contribution in [0.1, 0.15) is 0 Å². The third kappa shape index (κ3) is 6.78. The number of alkyl halides is 6. The smallest absolute Gasteiger partial charge is 0.280 e. The van der Waals surface area contributed by atoms with Crippen LogP contribution in [-0.2, 0) is 19.4 Å². The number of benzene rings is 1. The van der Waals surface area contributed by atoms with Gasteiger partial charge in [0.15, 0.2) is 15.5 Å². The Morgan fingerprint density at radius 2 is 1.25 bits per heavy atom. The van der Waals surface area contributed by atoms with Crippen LogP contribution in [0.5, 0.6) is 0 Å². The van der Waals surface area contributed by atoms with Gasteiger partial charge in [0.1, 0.15) is 0 Å². The number of carbonyl (C=O) groups excluding carboxylic acids is 2. The minimum absolute atomic E-state index is 0.245.